The number of phenolic OH excluding ortho intramolecular Hbond substituents is 1. The van der Waals surface area contributed by atoms with Crippen molar-refractivity contribution < 1.29 is 14.3 Å². The first-order chi connectivity index (χ1) is 9.51. The van der Waals surface area contributed by atoms with Gasteiger partial charge in [-0.3, -0.25) is 9.69 Å². The van der Waals surface area contributed by atoms with Crippen LogP contribution < -0.4 is 5.32 Å². The Hall–Kier alpha value is -2.13. The summed E-state index contributed by atoms with van der Waals surface area (Å²) in [6.07, 6.45) is 0.494. The van der Waals surface area contributed by atoms with Gasteiger partial charge < -0.3 is 10.4 Å². The van der Waals surface area contributed by atoms with E-state index in [2.05, 4.69) is 11.4 Å². The van der Waals surface area contributed by atoms with Crippen LogP contribution in [0.25, 0.3) is 0 Å². The molecule has 1 aromatic rings. The van der Waals surface area contributed by atoms with Crippen molar-refractivity contribution in [3.8, 4) is 11.8 Å². The van der Waals surface area contributed by atoms with Crippen LogP contribution in [0.2, 0.25) is 0 Å². The molecule has 0 radical (unpaired) electrons. The second-order valence-corrected chi connectivity index (χ2v) is 5.01. The Labute approximate surface area is 116 Å². The fourth-order valence-electron chi connectivity index (χ4n) is 2.36. The number of hydrogen-bond acceptors (Lipinski definition) is 4. The van der Waals surface area contributed by atoms with Crippen molar-refractivity contribution in [1.82, 2.24) is 10.2 Å². The number of nitriles is 1. The van der Waals surface area contributed by atoms with Crippen molar-refractivity contribution in [3.05, 3.63) is 29.6 Å². The van der Waals surface area contributed by atoms with Gasteiger partial charge in [-0.15, -0.1) is 0 Å². The second kappa shape index (κ2) is 5.88. The van der Waals surface area contributed by atoms with Crippen molar-refractivity contribution in [3.63, 3.8) is 0 Å². The van der Waals surface area contributed by atoms with Crippen LogP contribution >= 0.6 is 0 Å². The number of rotatable bonds is 3. The molecule has 2 N–H and O–H groups in total. The molecule has 5 nitrogen and oxygen atoms in total. The Kier molecular flexibility index (Phi) is 4.20. The molecule has 20 heavy (non-hydrogen) atoms. The highest BCUT2D eigenvalue weighted by Gasteiger charge is 2.33. The summed E-state index contributed by atoms with van der Waals surface area (Å²) in [6, 6.07) is 5.50. The Bertz CT molecular complexity index is 556. The van der Waals surface area contributed by atoms with Gasteiger partial charge >= 0.3 is 0 Å². The molecule has 1 aliphatic heterocycles. The molecule has 6 heteroatoms. The summed E-state index contributed by atoms with van der Waals surface area (Å²) in [5.74, 6) is -0.944. The van der Waals surface area contributed by atoms with Crippen molar-refractivity contribution in [2.75, 3.05) is 13.6 Å². The lowest BCUT2D eigenvalue weighted by Crippen LogP contribution is -2.31. The number of benzene rings is 1. The van der Waals surface area contributed by atoms with Crippen LogP contribution in [0.1, 0.15) is 12.0 Å². The normalized spacial score (nSPS) is 22.4. The lowest BCUT2D eigenvalue weighted by molar-refractivity contribution is -0.124. The molecule has 1 fully saturated rings. The zero-order valence-electron chi connectivity index (χ0n) is 11.1. The van der Waals surface area contributed by atoms with E-state index in [9.17, 15) is 14.3 Å². The van der Waals surface area contributed by atoms with Gasteiger partial charge in [-0.05, 0) is 31.7 Å². The van der Waals surface area contributed by atoms with Crippen LogP contribution in [-0.2, 0) is 11.3 Å². The molecule has 1 amide bonds. The number of hydrogen-bond donors (Lipinski definition) is 2. The summed E-state index contributed by atoms with van der Waals surface area (Å²) in [7, 11) is 1.81. The van der Waals surface area contributed by atoms with Gasteiger partial charge in [0.25, 0.3) is 0 Å². The molecule has 2 rings (SSSR count). The number of halogens is 1. The van der Waals surface area contributed by atoms with Crippen LogP contribution in [0.5, 0.6) is 5.75 Å². The molecule has 0 saturated carbocycles. The number of amides is 1. The van der Waals surface area contributed by atoms with E-state index in [1.165, 1.54) is 12.1 Å². The summed E-state index contributed by atoms with van der Waals surface area (Å²) >= 11 is 0. The summed E-state index contributed by atoms with van der Waals surface area (Å²) in [5, 5.41) is 21.2. The van der Waals surface area contributed by atoms with Gasteiger partial charge in [-0.1, -0.05) is 0 Å². The Morgan fingerprint density at radius 1 is 1.65 bits per heavy atom. The molecule has 106 valence electrons. The highest BCUT2D eigenvalue weighted by Crippen LogP contribution is 2.22. The number of carbonyl (C=O) groups excluding carboxylic acids is 1. The maximum absolute atomic E-state index is 13.1. The first-order valence-electron chi connectivity index (χ1n) is 6.36. The van der Waals surface area contributed by atoms with Crippen molar-refractivity contribution >= 4 is 5.91 Å². The number of nitrogens with one attached hydrogen (secondary N) is 1. The smallest absolute Gasteiger partial charge is 0.224 e. The largest absolute Gasteiger partial charge is 0.508 e. The quantitative estimate of drug-likeness (QED) is 0.864. The van der Waals surface area contributed by atoms with Crippen LogP contribution in [-0.4, -0.2) is 35.5 Å². The lowest BCUT2D eigenvalue weighted by atomic mass is 10.1. The predicted octanol–water partition coefficient (Wildman–Crippen LogP) is 0.991. The zero-order chi connectivity index (χ0) is 14.7. The molecule has 0 spiro atoms. The number of likely N-dealkylation sites (tertiary alicyclic amines) is 1. The van der Waals surface area contributed by atoms with Gasteiger partial charge in [-0.2, -0.15) is 5.26 Å². The van der Waals surface area contributed by atoms with Crippen molar-refractivity contribution in [1.29, 1.82) is 5.26 Å². The van der Waals surface area contributed by atoms with Gasteiger partial charge in [0.2, 0.25) is 5.91 Å². The minimum atomic E-state index is -0.461. The standard InChI is InChI=1S/C14H16FN3O2/c1-18-8-10(5-12(18)6-16)14(20)17-7-9-4-11(15)2-3-13(9)19/h2-4,10,12,19H,5,7-8H2,1H3,(H,17,20). The van der Waals surface area contributed by atoms with E-state index in [0.717, 1.165) is 6.07 Å². The SMILES string of the molecule is CN1CC(C(=O)NCc2cc(F)ccc2O)CC1C#N. The maximum atomic E-state index is 13.1. The molecule has 0 aromatic heterocycles. The van der Waals surface area contributed by atoms with Gasteiger partial charge in [0.1, 0.15) is 11.6 Å². The molecule has 0 aliphatic carbocycles. The molecular formula is C14H16FN3O2. The van der Waals surface area contributed by atoms with E-state index in [-0.39, 0.29) is 30.2 Å². The lowest BCUT2D eigenvalue weighted by Gasteiger charge is -2.12. The van der Waals surface area contributed by atoms with E-state index < -0.39 is 5.82 Å². The van der Waals surface area contributed by atoms with Gasteiger partial charge in [0.05, 0.1) is 18.0 Å². The average molecular weight is 277 g/mol. The molecule has 1 aliphatic rings. The number of aromatic hydroxyl groups is 1. The Balaban J connectivity index is 1.93. The van der Waals surface area contributed by atoms with E-state index in [0.29, 0.717) is 18.5 Å². The van der Waals surface area contributed by atoms with Crippen molar-refractivity contribution in [2.45, 2.75) is 19.0 Å². The fourth-order valence-corrected chi connectivity index (χ4v) is 2.36. The summed E-state index contributed by atoms with van der Waals surface area (Å²) in [5.41, 5.74) is 0.335. The van der Waals surface area contributed by atoms with E-state index in [4.69, 9.17) is 5.26 Å². The van der Waals surface area contributed by atoms with Crippen LogP contribution in [0.3, 0.4) is 0 Å². The third-order valence-corrected chi connectivity index (χ3v) is 3.56. The van der Waals surface area contributed by atoms with E-state index in [1.807, 2.05) is 4.90 Å². The van der Waals surface area contributed by atoms with E-state index in [1.54, 1.807) is 7.05 Å². The van der Waals surface area contributed by atoms with Gasteiger partial charge in [0.15, 0.2) is 0 Å². The first kappa shape index (κ1) is 14.3. The summed E-state index contributed by atoms with van der Waals surface area (Å²) in [4.78, 5) is 13.8. The summed E-state index contributed by atoms with van der Waals surface area (Å²) in [6.45, 7) is 0.596. The van der Waals surface area contributed by atoms with Crippen LogP contribution in [0, 0.1) is 23.1 Å². The second-order valence-electron chi connectivity index (χ2n) is 5.01. The molecule has 1 aromatic carbocycles. The molecule has 2 atom stereocenters. The zero-order valence-corrected chi connectivity index (χ0v) is 11.1. The van der Waals surface area contributed by atoms with E-state index >= 15 is 0 Å². The third kappa shape index (κ3) is 3.06. The average Bonchev–Trinajstić information content (AvgIpc) is 2.80. The van der Waals surface area contributed by atoms with Crippen molar-refractivity contribution in [2.24, 2.45) is 5.92 Å². The maximum Gasteiger partial charge on any atom is 0.224 e. The number of phenols is 1. The Morgan fingerprint density at radius 2 is 2.40 bits per heavy atom. The Morgan fingerprint density at radius 3 is 3.05 bits per heavy atom. The fraction of sp³-hybridized carbons (Fsp3) is 0.429. The molecule has 2 unspecified atom stereocenters. The van der Waals surface area contributed by atoms with Crippen LogP contribution in [0.4, 0.5) is 4.39 Å². The molecule has 0 bridgehead atoms. The number of carbonyl (C=O) groups is 1. The number of nitrogens with zero attached hydrogens (tertiary/aromatic N) is 2. The van der Waals surface area contributed by atoms with Gasteiger partial charge in [0, 0.05) is 18.7 Å². The van der Waals surface area contributed by atoms with Crippen LogP contribution in [0.15, 0.2) is 18.2 Å². The molecule has 1 heterocycles. The topological polar surface area (TPSA) is 76.4 Å². The minimum absolute atomic E-state index is 0.0508. The summed E-state index contributed by atoms with van der Waals surface area (Å²) < 4.78 is 13.1. The first-order valence-corrected chi connectivity index (χ1v) is 6.36. The monoisotopic (exact) mass is 277 g/mol. The highest BCUT2D eigenvalue weighted by molar-refractivity contribution is 5.79. The molecular weight excluding hydrogens is 261 g/mol. The minimum Gasteiger partial charge on any atom is -0.508 e. The van der Waals surface area contributed by atoms with Gasteiger partial charge in [-0.25, -0.2) is 4.39 Å². The third-order valence-electron chi connectivity index (χ3n) is 3.56. The molecule has 1 saturated heterocycles. The predicted molar refractivity (Wildman–Crippen MR) is 70.0 cm³/mol. The highest BCUT2D eigenvalue weighted by atomic mass is 19.1.